The van der Waals surface area contributed by atoms with Crippen LogP contribution in [0.25, 0.3) is 22.5 Å². The van der Waals surface area contributed by atoms with Gasteiger partial charge in [0.25, 0.3) is 0 Å². The number of nitrogens with two attached hydrogens (primary N) is 2. The van der Waals surface area contributed by atoms with E-state index in [-0.39, 0.29) is 29.5 Å². The van der Waals surface area contributed by atoms with Crippen molar-refractivity contribution in [3.8, 4) is 28.4 Å². The number of halogens is 3. The Labute approximate surface area is 209 Å². The van der Waals surface area contributed by atoms with E-state index < -0.39 is 24.3 Å². The molecule has 190 valence electrons. The van der Waals surface area contributed by atoms with Gasteiger partial charge in [0.1, 0.15) is 12.4 Å². The summed E-state index contributed by atoms with van der Waals surface area (Å²) in [4.78, 5) is 26.8. The Hall–Kier alpha value is -4.58. The third-order valence-electron chi connectivity index (χ3n) is 5.37. The summed E-state index contributed by atoms with van der Waals surface area (Å²) in [6.07, 6.45) is -4.07. The van der Waals surface area contributed by atoms with Crippen molar-refractivity contribution < 1.29 is 27.8 Å². The van der Waals surface area contributed by atoms with Crippen LogP contribution in [0.1, 0.15) is 17.2 Å². The molecule has 5 N–H and O–H groups in total. The molecule has 2 heterocycles. The van der Waals surface area contributed by atoms with Gasteiger partial charge in [0.15, 0.2) is 0 Å². The monoisotopic (exact) mass is 510 g/mol. The number of carboxylic acids is 1. The Morgan fingerprint density at radius 2 is 1.62 bits per heavy atom. The Morgan fingerprint density at radius 1 is 0.973 bits per heavy atom. The third-order valence-corrected chi connectivity index (χ3v) is 5.37. The molecule has 37 heavy (non-hydrogen) atoms. The van der Waals surface area contributed by atoms with Gasteiger partial charge in [-0.2, -0.15) is 18.2 Å². The van der Waals surface area contributed by atoms with Crippen LogP contribution in [-0.2, 0) is 11.2 Å². The molecule has 2 unspecified atom stereocenters. The topological polar surface area (TPSA) is 150 Å². The van der Waals surface area contributed by atoms with Crippen LogP contribution in [0.2, 0.25) is 0 Å². The van der Waals surface area contributed by atoms with E-state index in [0.29, 0.717) is 22.4 Å². The molecule has 0 aliphatic rings. The molecule has 0 saturated carbocycles. The second kappa shape index (κ2) is 10.6. The minimum absolute atomic E-state index is 0.110. The van der Waals surface area contributed by atoms with Crippen LogP contribution >= 0.6 is 0 Å². The number of benzene rings is 2. The lowest BCUT2D eigenvalue weighted by molar-refractivity contribution is -0.198. The SMILES string of the molecule is Nc1nc(OC(c2ccc(-c3ccncn3)cc2)C(F)(F)F)cc(-c2ccc(CC(N)C(=O)O)cc2)n1. The lowest BCUT2D eigenvalue weighted by Gasteiger charge is -2.22. The number of carbonyl (C=O) groups is 1. The van der Waals surface area contributed by atoms with E-state index >= 15 is 0 Å². The van der Waals surface area contributed by atoms with Crippen molar-refractivity contribution in [2.75, 3.05) is 5.73 Å². The van der Waals surface area contributed by atoms with Gasteiger partial charge in [-0.1, -0.05) is 48.5 Å². The average molecular weight is 510 g/mol. The molecule has 9 nitrogen and oxygen atoms in total. The zero-order valence-corrected chi connectivity index (χ0v) is 19.1. The van der Waals surface area contributed by atoms with Crippen LogP contribution in [0.15, 0.2) is 73.2 Å². The van der Waals surface area contributed by atoms with Crippen LogP contribution in [0, 0.1) is 0 Å². The minimum atomic E-state index is -4.75. The van der Waals surface area contributed by atoms with E-state index in [4.69, 9.17) is 21.3 Å². The van der Waals surface area contributed by atoms with Gasteiger partial charge in [0.05, 0.1) is 11.4 Å². The quantitative estimate of drug-likeness (QED) is 0.321. The maximum Gasteiger partial charge on any atom is 0.429 e. The predicted octanol–water partition coefficient (Wildman–Crippen LogP) is 3.82. The molecule has 0 bridgehead atoms. The molecule has 2 atom stereocenters. The van der Waals surface area contributed by atoms with Crippen LogP contribution < -0.4 is 16.2 Å². The van der Waals surface area contributed by atoms with Crippen molar-refractivity contribution in [2.24, 2.45) is 5.73 Å². The fraction of sp³-hybridized carbons (Fsp3) is 0.160. The number of carboxylic acid groups (broad SMARTS) is 1. The van der Waals surface area contributed by atoms with Crippen LogP contribution in [0.3, 0.4) is 0 Å². The summed E-state index contributed by atoms with van der Waals surface area (Å²) in [5.74, 6) is -1.76. The highest BCUT2D eigenvalue weighted by molar-refractivity contribution is 5.73. The van der Waals surface area contributed by atoms with Crippen LogP contribution in [-0.4, -0.2) is 43.2 Å². The Kier molecular flexibility index (Phi) is 7.30. The summed E-state index contributed by atoms with van der Waals surface area (Å²) in [6.45, 7) is 0. The lowest BCUT2D eigenvalue weighted by Crippen LogP contribution is -2.32. The largest absolute Gasteiger partial charge is 0.480 e. The molecular formula is C25H21F3N6O3. The highest BCUT2D eigenvalue weighted by Gasteiger charge is 2.43. The highest BCUT2D eigenvalue weighted by atomic mass is 19.4. The molecular weight excluding hydrogens is 489 g/mol. The van der Waals surface area contributed by atoms with Gasteiger partial charge in [-0.05, 0) is 18.1 Å². The number of alkyl halides is 3. The van der Waals surface area contributed by atoms with E-state index in [0.717, 1.165) is 0 Å². The normalized spacial score (nSPS) is 13.1. The maximum absolute atomic E-state index is 14.0. The number of nitrogens with zero attached hydrogens (tertiary/aromatic N) is 4. The minimum Gasteiger partial charge on any atom is -0.480 e. The standard InChI is InChI=1S/C25H21F3N6O3/c26-25(27,28)22(17-7-5-15(6-8-17)19-9-10-31-13-32-19)37-21-12-20(33-24(30)34-21)16-3-1-14(2-4-16)11-18(29)23(35)36/h1-10,12-13,18,22H,11,29H2,(H,35,36)(H2,30,33,34). The second-order valence-corrected chi connectivity index (χ2v) is 8.05. The maximum atomic E-state index is 14.0. The Balaban J connectivity index is 1.58. The number of ether oxygens (including phenoxy) is 1. The first kappa shape index (κ1) is 25.5. The molecule has 4 aromatic rings. The highest BCUT2D eigenvalue weighted by Crippen LogP contribution is 2.37. The van der Waals surface area contributed by atoms with Crippen molar-refractivity contribution >= 4 is 11.9 Å². The predicted molar refractivity (Wildman–Crippen MR) is 128 cm³/mol. The molecule has 2 aromatic heterocycles. The number of aromatic nitrogens is 4. The first-order chi connectivity index (χ1) is 17.6. The average Bonchev–Trinajstić information content (AvgIpc) is 2.87. The summed E-state index contributed by atoms with van der Waals surface area (Å²) in [7, 11) is 0. The number of aliphatic carboxylic acids is 1. The van der Waals surface area contributed by atoms with E-state index in [1.54, 1.807) is 30.3 Å². The Bertz CT molecular complexity index is 1370. The van der Waals surface area contributed by atoms with Crippen molar-refractivity contribution in [2.45, 2.75) is 24.7 Å². The summed E-state index contributed by atoms with van der Waals surface area (Å²) < 4.78 is 47.2. The van der Waals surface area contributed by atoms with E-state index in [2.05, 4.69) is 19.9 Å². The van der Waals surface area contributed by atoms with Gasteiger partial charge in [-0.15, -0.1) is 0 Å². The zero-order valence-electron chi connectivity index (χ0n) is 19.1. The molecule has 0 radical (unpaired) electrons. The molecule has 0 amide bonds. The molecule has 0 spiro atoms. The van der Waals surface area contributed by atoms with Crippen LogP contribution in [0.5, 0.6) is 5.88 Å². The number of hydrogen-bond acceptors (Lipinski definition) is 8. The zero-order chi connectivity index (χ0) is 26.6. The van der Waals surface area contributed by atoms with Crippen molar-refractivity contribution in [3.63, 3.8) is 0 Å². The van der Waals surface area contributed by atoms with Gasteiger partial charge in [-0.25, -0.2) is 15.0 Å². The molecule has 0 saturated heterocycles. The van der Waals surface area contributed by atoms with Gasteiger partial charge in [0, 0.05) is 29.0 Å². The van der Waals surface area contributed by atoms with Gasteiger partial charge in [-0.3, -0.25) is 4.79 Å². The number of nitrogen functional groups attached to an aromatic ring is 1. The summed E-state index contributed by atoms with van der Waals surface area (Å²) in [5.41, 5.74) is 13.8. The number of hydrogen-bond donors (Lipinski definition) is 3. The fourth-order valence-electron chi connectivity index (χ4n) is 3.54. The molecule has 0 aliphatic carbocycles. The van der Waals surface area contributed by atoms with E-state index in [9.17, 15) is 18.0 Å². The molecule has 4 rings (SSSR count). The molecule has 0 fully saturated rings. The van der Waals surface area contributed by atoms with Crippen molar-refractivity contribution in [1.82, 2.24) is 19.9 Å². The summed E-state index contributed by atoms with van der Waals surface area (Å²) in [6, 6.07) is 14.0. The summed E-state index contributed by atoms with van der Waals surface area (Å²) in [5, 5.41) is 8.96. The first-order valence-corrected chi connectivity index (χ1v) is 10.9. The smallest absolute Gasteiger partial charge is 0.429 e. The van der Waals surface area contributed by atoms with Gasteiger partial charge in [0.2, 0.25) is 17.9 Å². The van der Waals surface area contributed by atoms with Crippen molar-refractivity contribution in [3.05, 3.63) is 84.3 Å². The number of rotatable bonds is 8. The lowest BCUT2D eigenvalue weighted by atomic mass is 10.0. The third kappa shape index (κ3) is 6.35. The van der Waals surface area contributed by atoms with E-state index in [1.807, 2.05) is 0 Å². The Morgan fingerprint density at radius 3 is 2.22 bits per heavy atom. The van der Waals surface area contributed by atoms with Crippen molar-refractivity contribution in [1.29, 1.82) is 0 Å². The van der Waals surface area contributed by atoms with E-state index in [1.165, 1.54) is 42.9 Å². The van der Waals surface area contributed by atoms with Gasteiger partial charge >= 0.3 is 12.1 Å². The van der Waals surface area contributed by atoms with Crippen LogP contribution in [0.4, 0.5) is 19.1 Å². The second-order valence-electron chi connectivity index (χ2n) is 8.05. The fourth-order valence-corrected chi connectivity index (χ4v) is 3.54. The number of anilines is 1. The molecule has 2 aromatic carbocycles. The molecule has 12 heteroatoms. The summed E-state index contributed by atoms with van der Waals surface area (Å²) >= 11 is 0. The first-order valence-electron chi connectivity index (χ1n) is 10.9. The van der Waals surface area contributed by atoms with Gasteiger partial charge < -0.3 is 21.3 Å². The molecule has 0 aliphatic heterocycles.